The smallest absolute Gasteiger partial charge is 0.294 e. The van der Waals surface area contributed by atoms with Crippen molar-refractivity contribution in [2.24, 2.45) is 0 Å². The Morgan fingerprint density at radius 3 is 1.75 bits per heavy atom. The van der Waals surface area contributed by atoms with Crippen molar-refractivity contribution >= 4 is 10.1 Å². The average Bonchev–Trinajstić information content (AvgIpc) is 1.88. The van der Waals surface area contributed by atoms with E-state index in [0.29, 0.717) is 0 Å². The van der Waals surface area contributed by atoms with E-state index in [-0.39, 0.29) is 26.9 Å². The van der Waals surface area contributed by atoms with Gasteiger partial charge in [-0.25, -0.2) is 0 Å². The minimum absolute atomic E-state index is 0. The van der Waals surface area contributed by atoms with Crippen LogP contribution in [0.25, 0.3) is 0 Å². The molecule has 0 radical (unpaired) electrons. The Morgan fingerprint density at radius 2 is 1.50 bits per heavy atom. The summed E-state index contributed by atoms with van der Waals surface area (Å²) in [7, 11) is -4.00. The summed E-state index contributed by atoms with van der Waals surface area (Å²) < 4.78 is 29.2. The molecule has 6 heteroatoms. The summed E-state index contributed by atoms with van der Waals surface area (Å²) >= 11 is 0. The van der Waals surface area contributed by atoms with Gasteiger partial charge in [0.05, 0.1) is 4.90 Å². The van der Waals surface area contributed by atoms with Gasteiger partial charge in [0.25, 0.3) is 10.1 Å². The fourth-order valence-corrected chi connectivity index (χ4v) is 1.09. The Labute approximate surface area is 80.6 Å². The summed E-state index contributed by atoms with van der Waals surface area (Å²) in [6.07, 6.45) is 0. The molecule has 4 nitrogen and oxygen atoms in total. The van der Waals surface area contributed by atoms with Crippen molar-refractivity contribution in [3.05, 3.63) is 30.3 Å². The van der Waals surface area contributed by atoms with E-state index >= 15 is 0 Å². The van der Waals surface area contributed by atoms with Crippen LogP contribution in [0.5, 0.6) is 0 Å². The van der Waals surface area contributed by atoms with E-state index in [2.05, 4.69) is 0 Å². The van der Waals surface area contributed by atoms with Crippen LogP contribution in [0.3, 0.4) is 0 Å². The molecule has 1 aromatic carbocycles. The minimum atomic E-state index is -4.00. The molecule has 0 atom stereocenters. The Bertz CT molecular complexity index is 308. The molecule has 1 aromatic rings. The molecule has 0 aliphatic rings. The van der Waals surface area contributed by atoms with Crippen molar-refractivity contribution in [3.8, 4) is 0 Å². The molecule has 0 aromatic heterocycles. The van der Waals surface area contributed by atoms with Gasteiger partial charge in [0.15, 0.2) is 0 Å². The van der Waals surface area contributed by atoms with Gasteiger partial charge in [-0.2, -0.15) is 8.42 Å². The van der Waals surface area contributed by atoms with Gasteiger partial charge in [-0.3, -0.25) is 4.55 Å². The van der Waals surface area contributed by atoms with E-state index in [1.165, 1.54) is 12.1 Å². The second kappa shape index (κ2) is 5.27. The molecule has 12 heavy (non-hydrogen) atoms. The van der Waals surface area contributed by atoms with Crippen molar-refractivity contribution in [3.63, 3.8) is 0 Å². The van der Waals surface area contributed by atoms with Crippen LogP contribution in [0.2, 0.25) is 0 Å². The van der Waals surface area contributed by atoms with Gasteiger partial charge >= 0.3 is 0 Å². The monoisotopic (exact) mass is 234 g/mol. The van der Waals surface area contributed by atoms with E-state index in [0.717, 1.165) is 0 Å². The predicted molar refractivity (Wildman–Crippen MR) is 39.9 cm³/mol. The SMILES string of the molecule is O.O=S(=O)(O)c1ccccc1.[Ni]. The summed E-state index contributed by atoms with van der Waals surface area (Å²) in [6.45, 7) is 0. The molecular weight excluding hydrogens is 227 g/mol. The van der Waals surface area contributed by atoms with Crippen molar-refractivity contribution < 1.29 is 34.9 Å². The zero-order valence-electron chi connectivity index (χ0n) is 5.87. The molecule has 1 rings (SSSR count). The number of hydrogen-bond donors (Lipinski definition) is 1. The Hall–Kier alpha value is -0.416. The first kappa shape index (κ1) is 14.1. The van der Waals surface area contributed by atoms with Crippen LogP contribution in [0.15, 0.2) is 35.2 Å². The molecule has 72 valence electrons. The topological polar surface area (TPSA) is 85.9 Å². The minimum Gasteiger partial charge on any atom is -0.412 e. The summed E-state index contributed by atoms with van der Waals surface area (Å²) in [5.41, 5.74) is 0. The van der Waals surface area contributed by atoms with E-state index in [9.17, 15) is 8.42 Å². The van der Waals surface area contributed by atoms with Crippen molar-refractivity contribution in [1.82, 2.24) is 0 Å². The van der Waals surface area contributed by atoms with Crippen LogP contribution in [0.4, 0.5) is 0 Å². The quantitative estimate of drug-likeness (QED) is 0.553. The third-order valence-corrected chi connectivity index (χ3v) is 1.91. The van der Waals surface area contributed by atoms with Crippen molar-refractivity contribution in [2.45, 2.75) is 4.90 Å². The molecule has 0 saturated carbocycles. The molecule has 3 N–H and O–H groups in total. The summed E-state index contributed by atoms with van der Waals surface area (Å²) in [6, 6.07) is 7.42. The first-order chi connectivity index (χ1) is 4.61. The molecule has 0 spiro atoms. The van der Waals surface area contributed by atoms with E-state index in [1.807, 2.05) is 0 Å². The maximum Gasteiger partial charge on any atom is 0.294 e. The molecule has 0 aliphatic carbocycles. The van der Waals surface area contributed by atoms with E-state index in [1.54, 1.807) is 18.2 Å². The van der Waals surface area contributed by atoms with E-state index < -0.39 is 10.1 Å². The maximum absolute atomic E-state index is 10.4. The van der Waals surface area contributed by atoms with Crippen molar-refractivity contribution in [2.75, 3.05) is 0 Å². The molecule has 0 bridgehead atoms. The van der Waals surface area contributed by atoms with Crippen LogP contribution in [0.1, 0.15) is 0 Å². The molecule has 0 fully saturated rings. The zero-order valence-corrected chi connectivity index (χ0v) is 7.68. The second-order valence-corrected chi connectivity index (χ2v) is 3.21. The van der Waals surface area contributed by atoms with Crippen LogP contribution < -0.4 is 0 Å². The van der Waals surface area contributed by atoms with Crippen LogP contribution in [0, 0.1) is 0 Å². The summed E-state index contributed by atoms with van der Waals surface area (Å²) in [4.78, 5) is -0.0741. The molecule has 0 heterocycles. The molecular formula is C6H8NiO4S. The third kappa shape index (κ3) is 3.83. The fraction of sp³-hybridized carbons (Fsp3) is 0. The first-order valence-corrected chi connectivity index (χ1v) is 4.07. The van der Waals surface area contributed by atoms with Crippen molar-refractivity contribution in [1.29, 1.82) is 0 Å². The number of benzene rings is 1. The Morgan fingerprint density at radius 1 is 1.08 bits per heavy atom. The maximum atomic E-state index is 10.4. The van der Waals surface area contributed by atoms with Gasteiger partial charge in [-0.15, -0.1) is 0 Å². The second-order valence-electron chi connectivity index (χ2n) is 1.79. The van der Waals surface area contributed by atoms with Gasteiger partial charge in [0, 0.05) is 16.5 Å². The van der Waals surface area contributed by atoms with Gasteiger partial charge in [-0.05, 0) is 12.1 Å². The largest absolute Gasteiger partial charge is 0.412 e. The van der Waals surface area contributed by atoms with Gasteiger partial charge in [-0.1, -0.05) is 18.2 Å². The first-order valence-electron chi connectivity index (χ1n) is 2.63. The zero-order chi connectivity index (χ0) is 7.61. The molecule has 0 saturated heterocycles. The average molecular weight is 235 g/mol. The summed E-state index contributed by atoms with van der Waals surface area (Å²) in [5.74, 6) is 0. The fourth-order valence-electron chi connectivity index (χ4n) is 0.592. The van der Waals surface area contributed by atoms with E-state index in [4.69, 9.17) is 4.55 Å². The van der Waals surface area contributed by atoms with Gasteiger partial charge in [0.2, 0.25) is 0 Å². The normalized spacial score (nSPS) is 9.42. The summed E-state index contributed by atoms with van der Waals surface area (Å²) in [5, 5.41) is 0. The molecule has 0 unspecified atom stereocenters. The Kier molecular flexibility index (Phi) is 6.20. The Balaban J connectivity index is 0. The molecule has 0 aliphatic heterocycles. The number of hydrogen-bond acceptors (Lipinski definition) is 2. The number of rotatable bonds is 1. The third-order valence-electron chi connectivity index (χ3n) is 1.04. The van der Waals surface area contributed by atoms with Crippen LogP contribution in [-0.4, -0.2) is 18.4 Å². The molecule has 0 amide bonds. The van der Waals surface area contributed by atoms with Gasteiger partial charge in [0.1, 0.15) is 0 Å². The van der Waals surface area contributed by atoms with Crippen LogP contribution in [-0.2, 0) is 26.6 Å². The van der Waals surface area contributed by atoms with Crippen LogP contribution >= 0.6 is 0 Å². The predicted octanol–water partition coefficient (Wildman–Crippen LogP) is 0.106. The standard InChI is InChI=1S/C6H6O3S.Ni.H2O/c7-10(8,9)6-4-2-1-3-5-6;;/h1-5H,(H,7,8,9);;1H2. The van der Waals surface area contributed by atoms with Gasteiger partial charge < -0.3 is 5.48 Å².